The number of amides is 1. The van der Waals surface area contributed by atoms with Gasteiger partial charge < -0.3 is 14.4 Å². The van der Waals surface area contributed by atoms with Gasteiger partial charge in [0, 0.05) is 32.2 Å². The highest BCUT2D eigenvalue weighted by Gasteiger charge is 2.30. The molecule has 0 unspecified atom stereocenters. The van der Waals surface area contributed by atoms with E-state index < -0.39 is 5.60 Å². The van der Waals surface area contributed by atoms with Gasteiger partial charge in [-0.25, -0.2) is 4.79 Å². The molecule has 1 aliphatic carbocycles. The smallest absolute Gasteiger partial charge is 0.410 e. The molecule has 0 aromatic rings. The largest absolute Gasteiger partial charge is 0.444 e. The predicted molar refractivity (Wildman–Crippen MR) is 98.6 cm³/mol. The molecule has 0 spiro atoms. The molecule has 2 heterocycles. The van der Waals surface area contributed by atoms with Crippen LogP contribution in [-0.4, -0.2) is 66.9 Å². The van der Waals surface area contributed by atoms with Crippen molar-refractivity contribution in [2.45, 2.75) is 64.5 Å². The lowest BCUT2D eigenvalue weighted by Gasteiger charge is -2.40. The summed E-state index contributed by atoms with van der Waals surface area (Å²) < 4.78 is 11.0. The Hall–Kier alpha value is -1.07. The van der Waals surface area contributed by atoms with E-state index in [4.69, 9.17) is 9.47 Å². The molecule has 2 fully saturated rings. The molecule has 1 amide bonds. The first-order chi connectivity index (χ1) is 11.9. The van der Waals surface area contributed by atoms with Crippen LogP contribution >= 0.6 is 0 Å². The van der Waals surface area contributed by atoms with Crippen LogP contribution in [0.3, 0.4) is 0 Å². The maximum atomic E-state index is 12.2. The van der Waals surface area contributed by atoms with Crippen LogP contribution in [0.5, 0.6) is 0 Å². The van der Waals surface area contributed by atoms with E-state index in [-0.39, 0.29) is 6.09 Å². The molecule has 0 aromatic carbocycles. The summed E-state index contributed by atoms with van der Waals surface area (Å²) in [4.78, 5) is 16.6. The molecule has 1 saturated heterocycles. The fourth-order valence-electron chi connectivity index (χ4n) is 4.30. The fraction of sp³-hybridized carbons (Fsp3) is 0.850. The average Bonchev–Trinajstić information content (AvgIpc) is 2.61. The van der Waals surface area contributed by atoms with E-state index in [1.165, 1.54) is 25.7 Å². The van der Waals surface area contributed by atoms with Crippen molar-refractivity contribution in [3.8, 4) is 0 Å². The lowest BCUT2D eigenvalue weighted by Crippen LogP contribution is -2.45. The first kappa shape index (κ1) is 18.7. The van der Waals surface area contributed by atoms with Crippen molar-refractivity contribution < 1.29 is 14.3 Å². The van der Waals surface area contributed by atoms with Gasteiger partial charge in [0.25, 0.3) is 0 Å². The molecule has 2 aliphatic heterocycles. The number of nitrogens with zero attached hydrogens (tertiary/aromatic N) is 2. The molecule has 3 rings (SSSR count). The zero-order valence-electron chi connectivity index (χ0n) is 16.1. The van der Waals surface area contributed by atoms with Crippen molar-refractivity contribution >= 4 is 6.09 Å². The summed E-state index contributed by atoms with van der Waals surface area (Å²) in [6.45, 7) is 11.2. The van der Waals surface area contributed by atoms with Crippen LogP contribution in [0, 0.1) is 5.92 Å². The van der Waals surface area contributed by atoms with E-state index in [0.29, 0.717) is 6.54 Å². The van der Waals surface area contributed by atoms with Crippen molar-refractivity contribution in [3.05, 3.63) is 11.6 Å². The summed E-state index contributed by atoms with van der Waals surface area (Å²) in [6.07, 6.45) is 8.30. The number of rotatable bonds is 2. The summed E-state index contributed by atoms with van der Waals surface area (Å²) in [6, 6.07) is 0.752. The van der Waals surface area contributed by atoms with Crippen molar-refractivity contribution in [1.29, 1.82) is 0 Å². The Bertz CT molecular complexity index is 484. The van der Waals surface area contributed by atoms with Crippen molar-refractivity contribution in [2.24, 2.45) is 5.92 Å². The summed E-state index contributed by atoms with van der Waals surface area (Å²) in [5, 5.41) is 0. The Morgan fingerprint density at radius 2 is 1.80 bits per heavy atom. The number of ether oxygens (including phenoxy) is 2. The van der Waals surface area contributed by atoms with Crippen molar-refractivity contribution in [1.82, 2.24) is 9.80 Å². The normalized spacial score (nSPS) is 29.2. The Morgan fingerprint density at radius 3 is 2.36 bits per heavy atom. The first-order valence-electron chi connectivity index (χ1n) is 9.91. The Balaban J connectivity index is 1.45. The van der Waals surface area contributed by atoms with Crippen molar-refractivity contribution in [2.75, 3.05) is 39.4 Å². The van der Waals surface area contributed by atoms with Crippen LogP contribution in [0.4, 0.5) is 4.79 Å². The highest BCUT2D eigenvalue weighted by molar-refractivity contribution is 5.68. The van der Waals surface area contributed by atoms with E-state index >= 15 is 0 Å². The minimum Gasteiger partial charge on any atom is -0.444 e. The number of morpholine rings is 1. The molecule has 25 heavy (non-hydrogen) atoms. The van der Waals surface area contributed by atoms with Gasteiger partial charge in [0.05, 0.1) is 13.2 Å². The van der Waals surface area contributed by atoms with Crippen LogP contribution in [0.15, 0.2) is 11.6 Å². The van der Waals surface area contributed by atoms with Gasteiger partial charge in [-0.3, -0.25) is 4.90 Å². The minimum absolute atomic E-state index is 0.182. The molecule has 3 aliphatic rings. The van der Waals surface area contributed by atoms with Gasteiger partial charge in [0.1, 0.15) is 5.60 Å². The average molecular weight is 351 g/mol. The molecule has 0 radical (unpaired) electrons. The molecule has 5 heteroatoms. The maximum absolute atomic E-state index is 12.2. The molecule has 5 nitrogen and oxygen atoms in total. The predicted octanol–water partition coefficient (Wildman–Crippen LogP) is 3.44. The van der Waals surface area contributed by atoms with Crippen LogP contribution in [0.1, 0.15) is 52.9 Å². The highest BCUT2D eigenvalue weighted by Crippen LogP contribution is 2.35. The van der Waals surface area contributed by atoms with E-state index in [1.807, 2.05) is 25.7 Å². The Labute approximate surface area is 152 Å². The zero-order chi connectivity index (χ0) is 17.9. The molecule has 0 aromatic heterocycles. The number of carbonyl (C=O) groups excluding carboxylic acids is 1. The highest BCUT2D eigenvalue weighted by atomic mass is 16.6. The zero-order valence-corrected chi connectivity index (χ0v) is 16.1. The lowest BCUT2D eigenvalue weighted by molar-refractivity contribution is 0.00575. The summed E-state index contributed by atoms with van der Waals surface area (Å²) in [7, 11) is 0. The number of hydrogen-bond donors (Lipinski definition) is 0. The van der Waals surface area contributed by atoms with Crippen LogP contribution in [0.25, 0.3) is 0 Å². The third kappa shape index (κ3) is 5.20. The molecule has 0 atom stereocenters. The first-order valence-corrected chi connectivity index (χ1v) is 9.91. The third-order valence-corrected chi connectivity index (χ3v) is 5.68. The fourth-order valence-corrected chi connectivity index (χ4v) is 4.30. The van der Waals surface area contributed by atoms with Gasteiger partial charge in [-0.05, 0) is 58.8 Å². The SMILES string of the molecule is CC(C)(C)OC(=O)N1CC=C(C2CCC(N3CCOCC3)CC2)CC1. The van der Waals surface area contributed by atoms with E-state index in [0.717, 1.165) is 51.2 Å². The van der Waals surface area contributed by atoms with Gasteiger partial charge in [0.2, 0.25) is 0 Å². The van der Waals surface area contributed by atoms with Crippen LogP contribution in [-0.2, 0) is 9.47 Å². The second-order valence-electron chi connectivity index (χ2n) is 8.61. The molecule has 0 N–H and O–H groups in total. The molecule has 142 valence electrons. The van der Waals surface area contributed by atoms with Gasteiger partial charge in [0.15, 0.2) is 0 Å². The van der Waals surface area contributed by atoms with E-state index in [1.54, 1.807) is 5.57 Å². The van der Waals surface area contributed by atoms with Gasteiger partial charge >= 0.3 is 6.09 Å². The summed E-state index contributed by atoms with van der Waals surface area (Å²) in [5.41, 5.74) is 1.15. The number of hydrogen-bond acceptors (Lipinski definition) is 4. The van der Waals surface area contributed by atoms with Crippen LogP contribution < -0.4 is 0 Å². The van der Waals surface area contributed by atoms with Crippen molar-refractivity contribution in [3.63, 3.8) is 0 Å². The molecular formula is C20H34N2O3. The minimum atomic E-state index is -0.418. The second kappa shape index (κ2) is 8.09. The van der Waals surface area contributed by atoms with Gasteiger partial charge in [-0.2, -0.15) is 0 Å². The standard InChI is InChI=1S/C20H34N2O3/c1-20(2,3)25-19(23)22-10-8-17(9-11-22)16-4-6-18(7-5-16)21-12-14-24-15-13-21/h8,16,18H,4-7,9-15H2,1-3H3. The monoisotopic (exact) mass is 350 g/mol. The number of carbonyl (C=O) groups is 1. The molecule has 1 saturated carbocycles. The van der Waals surface area contributed by atoms with E-state index in [9.17, 15) is 4.79 Å². The molecule has 0 bridgehead atoms. The molecular weight excluding hydrogens is 316 g/mol. The quantitative estimate of drug-likeness (QED) is 0.716. The Kier molecular flexibility index (Phi) is 6.05. The second-order valence-corrected chi connectivity index (χ2v) is 8.61. The lowest BCUT2D eigenvalue weighted by atomic mass is 9.79. The maximum Gasteiger partial charge on any atom is 0.410 e. The van der Waals surface area contributed by atoms with Gasteiger partial charge in [-0.1, -0.05) is 11.6 Å². The van der Waals surface area contributed by atoms with Gasteiger partial charge in [-0.15, -0.1) is 0 Å². The van der Waals surface area contributed by atoms with Crippen LogP contribution in [0.2, 0.25) is 0 Å². The summed E-state index contributed by atoms with van der Waals surface area (Å²) in [5.74, 6) is 0.720. The third-order valence-electron chi connectivity index (χ3n) is 5.68. The summed E-state index contributed by atoms with van der Waals surface area (Å²) >= 11 is 0. The Morgan fingerprint density at radius 1 is 1.12 bits per heavy atom. The topological polar surface area (TPSA) is 42.0 Å². The van der Waals surface area contributed by atoms with E-state index in [2.05, 4.69) is 11.0 Å².